The van der Waals surface area contributed by atoms with Crippen molar-refractivity contribution in [3.63, 3.8) is 0 Å². The first-order chi connectivity index (χ1) is 13.4. The summed E-state index contributed by atoms with van der Waals surface area (Å²) < 4.78 is 0. The second-order valence-electron chi connectivity index (χ2n) is 6.02. The molecule has 0 aromatic heterocycles. The second-order valence-corrected chi connectivity index (χ2v) is 7.30. The van der Waals surface area contributed by atoms with E-state index in [-0.39, 0.29) is 51.0 Å². The first kappa shape index (κ1) is 28.3. The van der Waals surface area contributed by atoms with E-state index in [9.17, 15) is 0 Å². The van der Waals surface area contributed by atoms with Crippen LogP contribution in [0.2, 0.25) is 0 Å². The van der Waals surface area contributed by atoms with E-state index in [0.717, 1.165) is 9.52 Å². The van der Waals surface area contributed by atoms with Crippen LogP contribution in [0, 0.1) is 0 Å². The van der Waals surface area contributed by atoms with E-state index >= 15 is 0 Å². The predicted molar refractivity (Wildman–Crippen MR) is 136 cm³/mol. The van der Waals surface area contributed by atoms with Crippen LogP contribution in [0.1, 0.15) is 0 Å². The fraction of sp³-hybridized carbons (Fsp3) is 0. The molecule has 0 fully saturated rings. The van der Waals surface area contributed by atoms with Crippen LogP contribution in [0.3, 0.4) is 0 Å². The van der Waals surface area contributed by atoms with E-state index in [4.69, 9.17) is 0 Å². The third-order valence-corrected chi connectivity index (χ3v) is 5.01. The number of fused-ring (bicyclic) bond motifs is 2. The Bertz CT molecular complexity index is 957. The molecular weight excluding hydrogens is 503 g/mol. The molecular formula is C26H24Cl2SiZr. The molecule has 0 saturated carbocycles. The van der Waals surface area contributed by atoms with E-state index < -0.39 is 0 Å². The van der Waals surface area contributed by atoms with Crippen molar-refractivity contribution in [1.82, 2.24) is 0 Å². The summed E-state index contributed by atoms with van der Waals surface area (Å²) in [5.41, 5.74) is 1.94. The summed E-state index contributed by atoms with van der Waals surface area (Å²) >= 11 is 0. The smallest absolute Gasteiger partial charge is 0.168 e. The molecule has 0 bridgehead atoms. The zero-order valence-corrected chi connectivity index (χ0v) is 21.7. The Kier molecular flexibility index (Phi) is 15.1. The molecule has 0 spiro atoms. The summed E-state index contributed by atoms with van der Waals surface area (Å²) in [5, 5.41) is 6.68. The Balaban J connectivity index is 0.000000400. The van der Waals surface area contributed by atoms with E-state index in [2.05, 4.69) is 104 Å². The largest absolute Gasteiger partial charge is 2.00 e. The second kappa shape index (κ2) is 16.1. The van der Waals surface area contributed by atoms with Crippen molar-refractivity contribution in [3.05, 3.63) is 128 Å². The van der Waals surface area contributed by atoms with Gasteiger partial charge in [0.25, 0.3) is 0 Å². The van der Waals surface area contributed by atoms with Gasteiger partial charge in [0.1, 0.15) is 9.52 Å². The zero-order valence-electron chi connectivity index (χ0n) is 16.6. The maximum atomic E-state index is 3.67. The normalized spacial score (nSPS) is 8.80. The predicted octanol–water partition coefficient (Wildman–Crippen LogP) is 7.12. The molecule has 0 N–H and O–H groups in total. The van der Waals surface area contributed by atoms with Crippen LogP contribution in [-0.2, 0) is 26.2 Å². The number of hydrogen-bond acceptors (Lipinski definition) is 0. The zero-order chi connectivity index (χ0) is 18.7. The van der Waals surface area contributed by atoms with Gasteiger partial charge in [-0.3, -0.25) is 0 Å². The van der Waals surface area contributed by atoms with Gasteiger partial charge in [0.15, 0.2) is 0 Å². The minimum atomic E-state index is 0. The molecule has 4 heteroatoms. The molecule has 150 valence electrons. The van der Waals surface area contributed by atoms with Crippen LogP contribution >= 0.6 is 24.8 Å². The SMILES string of the molecule is C=C[Si]c1ccccc1.Cl.Cl.[Zr+2].c1ccc2[cH-]ccc2c1.c1ccc2[cH-]ccc2c1. The third kappa shape index (κ3) is 8.98. The van der Waals surface area contributed by atoms with Gasteiger partial charge >= 0.3 is 26.2 Å². The van der Waals surface area contributed by atoms with E-state index in [1.807, 2.05) is 23.9 Å². The van der Waals surface area contributed by atoms with Gasteiger partial charge in [-0.15, -0.1) is 96.4 Å². The Morgan fingerprint density at radius 2 is 1.03 bits per heavy atom. The average molecular weight is 527 g/mol. The molecule has 0 aliphatic heterocycles. The minimum Gasteiger partial charge on any atom is -0.168 e. The van der Waals surface area contributed by atoms with Gasteiger partial charge in [-0.2, -0.15) is 35.0 Å². The summed E-state index contributed by atoms with van der Waals surface area (Å²) in [6, 6.07) is 39.7. The van der Waals surface area contributed by atoms with Crippen molar-refractivity contribution >= 4 is 61.1 Å². The molecule has 0 aliphatic rings. The Labute approximate surface area is 213 Å². The molecule has 5 rings (SSSR count). The van der Waals surface area contributed by atoms with E-state index in [1.54, 1.807) is 0 Å². The Morgan fingerprint density at radius 1 is 0.600 bits per heavy atom. The van der Waals surface area contributed by atoms with Gasteiger partial charge in [0.05, 0.1) is 0 Å². The number of halogens is 2. The first-order valence-electron chi connectivity index (χ1n) is 9.00. The van der Waals surface area contributed by atoms with E-state index in [1.165, 1.54) is 26.7 Å². The quantitative estimate of drug-likeness (QED) is 0.170. The fourth-order valence-corrected chi connectivity index (χ4v) is 3.41. The molecule has 2 radical (unpaired) electrons. The van der Waals surface area contributed by atoms with Gasteiger partial charge in [-0.1, -0.05) is 47.7 Å². The molecule has 0 saturated heterocycles. The number of benzene rings is 3. The molecule has 5 aromatic carbocycles. The van der Waals surface area contributed by atoms with Gasteiger partial charge in [0, 0.05) is 0 Å². The standard InChI is InChI=1S/2C9H7.C8H8Si.2ClH.Zr/c2*1-2-5-9-7-3-6-8(9)4-1;1-2-9-8-6-4-3-5-7-8;;;/h2*1-7H;2-7H,1H2;2*1H;/q2*-1;;;;+2. The van der Waals surface area contributed by atoms with Gasteiger partial charge in [0.2, 0.25) is 0 Å². The monoisotopic (exact) mass is 524 g/mol. The fourth-order valence-electron chi connectivity index (χ4n) is 2.79. The molecule has 0 aliphatic carbocycles. The molecule has 0 nitrogen and oxygen atoms in total. The van der Waals surface area contributed by atoms with Crippen LogP contribution in [-0.4, -0.2) is 9.52 Å². The molecule has 0 heterocycles. The summed E-state index contributed by atoms with van der Waals surface area (Å²) in [7, 11) is 0.751. The summed E-state index contributed by atoms with van der Waals surface area (Å²) in [5.74, 6) is 0. The molecule has 0 unspecified atom stereocenters. The van der Waals surface area contributed by atoms with E-state index in [0.29, 0.717) is 0 Å². The van der Waals surface area contributed by atoms with Gasteiger partial charge < -0.3 is 0 Å². The van der Waals surface area contributed by atoms with Crippen molar-refractivity contribution in [2.45, 2.75) is 0 Å². The molecule has 30 heavy (non-hydrogen) atoms. The van der Waals surface area contributed by atoms with Gasteiger partial charge in [-0.05, 0) is 0 Å². The van der Waals surface area contributed by atoms with Crippen LogP contribution < -0.4 is 5.19 Å². The average Bonchev–Trinajstić information content (AvgIpc) is 3.39. The molecule has 0 amide bonds. The van der Waals surface area contributed by atoms with Crippen molar-refractivity contribution in [2.24, 2.45) is 0 Å². The van der Waals surface area contributed by atoms with Gasteiger partial charge in [-0.25, -0.2) is 0 Å². The Hall–Kier alpha value is -1.70. The Morgan fingerprint density at radius 3 is 1.47 bits per heavy atom. The van der Waals surface area contributed by atoms with Crippen LogP contribution in [0.4, 0.5) is 0 Å². The maximum Gasteiger partial charge on any atom is 2.00 e. The molecule has 0 atom stereocenters. The maximum absolute atomic E-state index is 3.67. The third-order valence-electron chi connectivity index (χ3n) is 4.14. The molecule has 5 aromatic rings. The van der Waals surface area contributed by atoms with Crippen LogP contribution in [0.15, 0.2) is 128 Å². The van der Waals surface area contributed by atoms with Crippen molar-refractivity contribution in [3.8, 4) is 0 Å². The topological polar surface area (TPSA) is 0 Å². The van der Waals surface area contributed by atoms with Crippen molar-refractivity contribution in [1.29, 1.82) is 0 Å². The first-order valence-corrected chi connectivity index (χ1v) is 10.1. The van der Waals surface area contributed by atoms with Crippen LogP contribution in [0.25, 0.3) is 21.5 Å². The van der Waals surface area contributed by atoms with Crippen LogP contribution in [0.5, 0.6) is 0 Å². The number of rotatable bonds is 2. The van der Waals surface area contributed by atoms with Crippen molar-refractivity contribution in [2.75, 3.05) is 0 Å². The number of hydrogen-bond donors (Lipinski definition) is 0. The summed E-state index contributed by atoms with van der Waals surface area (Å²) in [4.78, 5) is 0. The summed E-state index contributed by atoms with van der Waals surface area (Å²) in [6.07, 6.45) is 0. The van der Waals surface area contributed by atoms with Crippen molar-refractivity contribution < 1.29 is 26.2 Å². The minimum absolute atomic E-state index is 0. The summed E-state index contributed by atoms with van der Waals surface area (Å²) in [6.45, 7) is 3.67.